The number of thiazole rings is 1. The third kappa shape index (κ3) is 3.59. The summed E-state index contributed by atoms with van der Waals surface area (Å²) in [4.78, 5) is 18.9. The van der Waals surface area contributed by atoms with Gasteiger partial charge in [0.1, 0.15) is 16.5 Å². The van der Waals surface area contributed by atoms with Crippen LogP contribution in [0.1, 0.15) is 23.3 Å². The Labute approximate surface area is 139 Å². The van der Waals surface area contributed by atoms with Crippen molar-refractivity contribution < 1.29 is 9.18 Å². The molecule has 3 rings (SSSR count). The molecule has 0 saturated carbocycles. The molecular formula is C17H20FN3OS. The van der Waals surface area contributed by atoms with Gasteiger partial charge in [-0.3, -0.25) is 4.79 Å². The molecule has 1 aromatic carbocycles. The van der Waals surface area contributed by atoms with Crippen LogP contribution in [0.2, 0.25) is 0 Å². The lowest BCUT2D eigenvalue weighted by atomic mass is 9.98. The van der Waals surface area contributed by atoms with E-state index in [0.717, 1.165) is 32.5 Å². The molecule has 0 radical (unpaired) electrons. The molecule has 1 aliphatic heterocycles. The topological polar surface area (TPSA) is 45.2 Å². The summed E-state index contributed by atoms with van der Waals surface area (Å²) in [5.41, 5.74) is 0.863. The average molecular weight is 333 g/mol. The number of carbonyl (C=O) groups is 1. The summed E-state index contributed by atoms with van der Waals surface area (Å²) in [6.07, 6.45) is 2.16. The lowest BCUT2D eigenvalue weighted by molar-refractivity contribution is 0.0669. The summed E-state index contributed by atoms with van der Waals surface area (Å²) in [6, 6.07) is 6.51. The van der Waals surface area contributed by atoms with Gasteiger partial charge in [0.05, 0.1) is 0 Å². The number of nitrogens with zero attached hydrogens (tertiary/aromatic N) is 2. The van der Waals surface area contributed by atoms with E-state index >= 15 is 0 Å². The number of halogens is 1. The molecule has 23 heavy (non-hydrogen) atoms. The first-order chi connectivity index (χ1) is 11.2. The van der Waals surface area contributed by atoms with Gasteiger partial charge in [-0.1, -0.05) is 12.1 Å². The number of carbonyl (C=O) groups excluding carboxylic acids is 1. The van der Waals surface area contributed by atoms with Crippen molar-refractivity contribution in [3.8, 4) is 10.6 Å². The lowest BCUT2D eigenvalue weighted by Gasteiger charge is -2.32. The average Bonchev–Trinajstić information content (AvgIpc) is 3.05. The molecular weight excluding hydrogens is 313 g/mol. The second-order valence-corrected chi connectivity index (χ2v) is 6.69. The predicted octanol–water partition coefficient (Wildman–Crippen LogP) is 3.02. The standard InChI is InChI=1S/C17H20FN3OS/c1-19-9-12-5-4-8-21(10-12)17(22)15-11-23-16(20-15)13-6-2-3-7-14(13)18/h2-3,6-7,11-12,19H,4-5,8-10H2,1H3/t12-/m1/s1. The van der Waals surface area contributed by atoms with Gasteiger partial charge in [0.25, 0.3) is 5.91 Å². The second kappa shape index (κ2) is 7.19. The number of nitrogens with one attached hydrogen (secondary N) is 1. The minimum atomic E-state index is -0.312. The predicted molar refractivity (Wildman–Crippen MR) is 90.1 cm³/mol. The van der Waals surface area contributed by atoms with Gasteiger partial charge >= 0.3 is 0 Å². The molecule has 0 bridgehead atoms. The third-order valence-corrected chi connectivity index (χ3v) is 5.00. The van der Waals surface area contributed by atoms with Crippen LogP contribution in [-0.4, -0.2) is 42.5 Å². The zero-order valence-corrected chi connectivity index (χ0v) is 13.9. The van der Waals surface area contributed by atoms with E-state index in [2.05, 4.69) is 10.3 Å². The highest BCUT2D eigenvalue weighted by atomic mass is 32.1. The molecule has 1 aromatic heterocycles. The summed E-state index contributed by atoms with van der Waals surface area (Å²) in [5, 5.41) is 5.45. The largest absolute Gasteiger partial charge is 0.337 e. The van der Waals surface area contributed by atoms with E-state index in [9.17, 15) is 9.18 Å². The molecule has 0 unspecified atom stereocenters. The van der Waals surface area contributed by atoms with Gasteiger partial charge in [-0.2, -0.15) is 0 Å². The highest BCUT2D eigenvalue weighted by Gasteiger charge is 2.25. The maximum Gasteiger partial charge on any atom is 0.273 e. The Morgan fingerprint density at radius 2 is 2.30 bits per heavy atom. The zero-order valence-electron chi connectivity index (χ0n) is 13.1. The van der Waals surface area contributed by atoms with Crippen molar-refractivity contribution in [2.45, 2.75) is 12.8 Å². The van der Waals surface area contributed by atoms with Gasteiger partial charge in [0.15, 0.2) is 0 Å². The van der Waals surface area contributed by atoms with Crippen LogP contribution in [-0.2, 0) is 0 Å². The zero-order chi connectivity index (χ0) is 16.2. The van der Waals surface area contributed by atoms with Gasteiger partial charge in [0, 0.05) is 24.0 Å². The molecule has 1 aliphatic rings. The summed E-state index contributed by atoms with van der Waals surface area (Å²) in [7, 11) is 1.93. The van der Waals surface area contributed by atoms with Crippen LogP contribution < -0.4 is 5.32 Å². The van der Waals surface area contributed by atoms with E-state index in [1.54, 1.807) is 23.6 Å². The summed E-state index contributed by atoms with van der Waals surface area (Å²) >= 11 is 1.31. The summed E-state index contributed by atoms with van der Waals surface area (Å²) in [6.45, 7) is 2.44. The van der Waals surface area contributed by atoms with Gasteiger partial charge in [-0.25, -0.2) is 9.37 Å². The van der Waals surface area contributed by atoms with Crippen molar-refractivity contribution in [2.24, 2.45) is 5.92 Å². The molecule has 1 fully saturated rings. The molecule has 4 nitrogen and oxygen atoms in total. The fraction of sp³-hybridized carbons (Fsp3) is 0.412. The van der Waals surface area contributed by atoms with Crippen molar-refractivity contribution in [3.63, 3.8) is 0 Å². The summed E-state index contributed by atoms with van der Waals surface area (Å²) in [5.74, 6) is 0.125. The third-order valence-electron chi connectivity index (χ3n) is 4.13. The molecule has 0 aliphatic carbocycles. The van der Waals surface area contributed by atoms with Crippen LogP contribution in [0.3, 0.4) is 0 Å². The first-order valence-electron chi connectivity index (χ1n) is 7.83. The number of piperidine rings is 1. The number of benzene rings is 1. The smallest absolute Gasteiger partial charge is 0.273 e. The number of hydrogen-bond acceptors (Lipinski definition) is 4. The van der Waals surface area contributed by atoms with Crippen LogP contribution in [0.4, 0.5) is 4.39 Å². The van der Waals surface area contributed by atoms with Crippen molar-refractivity contribution >= 4 is 17.2 Å². The number of hydrogen-bond donors (Lipinski definition) is 1. The van der Waals surface area contributed by atoms with Gasteiger partial charge < -0.3 is 10.2 Å². The first-order valence-corrected chi connectivity index (χ1v) is 8.71. The minimum absolute atomic E-state index is 0.0513. The summed E-state index contributed by atoms with van der Waals surface area (Å²) < 4.78 is 13.8. The van der Waals surface area contributed by atoms with E-state index in [-0.39, 0.29) is 11.7 Å². The molecule has 122 valence electrons. The second-order valence-electron chi connectivity index (χ2n) is 5.83. The Balaban J connectivity index is 1.75. The van der Waals surface area contributed by atoms with E-state index in [0.29, 0.717) is 22.2 Å². The van der Waals surface area contributed by atoms with Crippen molar-refractivity contribution in [1.82, 2.24) is 15.2 Å². The monoisotopic (exact) mass is 333 g/mol. The highest BCUT2D eigenvalue weighted by molar-refractivity contribution is 7.13. The Hall–Kier alpha value is -1.79. The Bertz CT molecular complexity index is 686. The van der Waals surface area contributed by atoms with Gasteiger partial charge in [-0.15, -0.1) is 11.3 Å². The van der Waals surface area contributed by atoms with Crippen molar-refractivity contribution in [1.29, 1.82) is 0 Å². The van der Waals surface area contributed by atoms with E-state index in [4.69, 9.17) is 0 Å². The van der Waals surface area contributed by atoms with Crippen LogP contribution in [0.15, 0.2) is 29.6 Å². The fourth-order valence-electron chi connectivity index (χ4n) is 3.00. The molecule has 2 aromatic rings. The quantitative estimate of drug-likeness (QED) is 0.935. The first kappa shape index (κ1) is 16.1. The molecule has 1 saturated heterocycles. The molecule has 6 heteroatoms. The number of likely N-dealkylation sites (tertiary alicyclic amines) is 1. The van der Waals surface area contributed by atoms with E-state index < -0.39 is 0 Å². The lowest BCUT2D eigenvalue weighted by Crippen LogP contribution is -2.42. The molecule has 0 spiro atoms. The number of aromatic nitrogens is 1. The number of amides is 1. The maximum absolute atomic E-state index is 13.8. The highest BCUT2D eigenvalue weighted by Crippen LogP contribution is 2.27. The number of rotatable bonds is 4. The van der Waals surface area contributed by atoms with Gasteiger partial charge in [-0.05, 0) is 44.5 Å². The molecule has 1 amide bonds. The van der Waals surface area contributed by atoms with E-state index in [1.165, 1.54) is 17.4 Å². The Kier molecular flexibility index (Phi) is 5.03. The normalized spacial score (nSPS) is 18.2. The van der Waals surface area contributed by atoms with Crippen LogP contribution >= 0.6 is 11.3 Å². The van der Waals surface area contributed by atoms with E-state index in [1.807, 2.05) is 11.9 Å². The van der Waals surface area contributed by atoms with Crippen LogP contribution in [0.25, 0.3) is 10.6 Å². The molecule has 1 atom stereocenters. The van der Waals surface area contributed by atoms with Crippen LogP contribution in [0.5, 0.6) is 0 Å². The fourth-order valence-corrected chi connectivity index (χ4v) is 3.82. The van der Waals surface area contributed by atoms with Crippen molar-refractivity contribution in [2.75, 3.05) is 26.7 Å². The Morgan fingerprint density at radius 3 is 3.09 bits per heavy atom. The minimum Gasteiger partial charge on any atom is -0.337 e. The molecule has 2 heterocycles. The Morgan fingerprint density at radius 1 is 1.48 bits per heavy atom. The maximum atomic E-state index is 13.8. The van der Waals surface area contributed by atoms with Gasteiger partial charge in [0.2, 0.25) is 0 Å². The SMILES string of the molecule is CNC[C@H]1CCCN(C(=O)c2csc(-c3ccccc3F)n2)C1. The van der Waals surface area contributed by atoms with Crippen molar-refractivity contribution in [3.05, 3.63) is 41.2 Å². The van der Waals surface area contributed by atoms with Crippen LogP contribution in [0, 0.1) is 11.7 Å². The molecule has 1 N–H and O–H groups in total.